The van der Waals surface area contributed by atoms with Crippen LogP contribution in [0.2, 0.25) is 0 Å². The van der Waals surface area contributed by atoms with E-state index in [1.165, 1.54) is 26.0 Å². The van der Waals surface area contributed by atoms with Crippen LogP contribution in [0.1, 0.15) is 23.6 Å². The molecular formula is C17H17N5O5. The third kappa shape index (κ3) is 3.99. The summed E-state index contributed by atoms with van der Waals surface area (Å²) in [5, 5.41) is 47.7. The summed E-state index contributed by atoms with van der Waals surface area (Å²) in [4.78, 5) is 23.2. The molecule has 1 heterocycles. The van der Waals surface area contributed by atoms with Crippen molar-refractivity contribution >= 4 is 17.1 Å². The van der Waals surface area contributed by atoms with Crippen molar-refractivity contribution in [3.63, 3.8) is 0 Å². The minimum atomic E-state index is -0.967. The van der Waals surface area contributed by atoms with Crippen molar-refractivity contribution in [3.8, 4) is 11.9 Å². The van der Waals surface area contributed by atoms with Crippen molar-refractivity contribution in [2.75, 3.05) is 0 Å². The monoisotopic (exact) mass is 371 g/mol. The Morgan fingerprint density at radius 2 is 2.04 bits per heavy atom. The van der Waals surface area contributed by atoms with Gasteiger partial charge in [0, 0.05) is 11.6 Å². The van der Waals surface area contributed by atoms with E-state index in [1.807, 2.05) is 0 Å². The molecule has 1 aromatic carbocycles. The molecular weight excluding hydrogens is 354 g/mol. The molecule has 10 heteroatoms. The molecule has 0 amide bonds. The number of aliphatic hydroxyl groups excluding tert-OH is 1. The number of rotatable bonds is 5. The van der Waals surface area contributed by atoms with Gasteiger partial charge in [0.2, 0.25) is 5.88 Å². The molecule has 1 atom stereocenters. The van der Waals surface area contributed by atoms with E-state index in [4.69, 9.17) is 0 Å². The van der Waals surface area contributed by atoms with Crippen molar-refractivity contribution in [1.29, 1.82) is 5.26 Å². The van der Waals surface area contributed by atoms with Gasteiger partial charge >= 0.3 is 0 Å². The normalized spacial score (nSPS) is 12.1. The molecule has 0 spiro atoms. The molecule has 0 aliphatic rings. The molecule has 0 saturated carbocycles. The zero-order chi connectivity index (χ0) is 20.3. The summed E-state index contributed by atoms with van der Waals surface area (Å²) < 4.78 is 0.814. The molecule has 27 heavy (non-hydrogen) atoms. The molecule has 2 rings (SSSR count). The number of aryl methyl sites for hydroxylation is 1. The summed E-state index contributed by atoms with van der Waals surface area (Å²) >= 11 is 0. The molecule has 2 aromatic rings. The third-order valence-electron chi connectivity index (χ3n) is 3.80. The van der Waals surface area contributed by atoms with Gasteiger partial charge in [-0.25, -0.2) is 0 Å². The molecule has 1 unspecified atom stereocenters. The van der Waals surface area contributed by atoms with Gasteiger partial charge in [-0.1, -0.05) is 6.07 Å². The number of benzene rings is 1. The van der Waals surface area contributed by atoms with Crippen molar-refractivity contribution < 1.29 is 15.1 Å². The number of azo groups is 1. The SMILES string of the molecule is Cc1ccc(N=Nc2c(C)c(C#N)c(O)n(CC(C)O)c2=O)c([N+](=O)[O-])c1. The minimum Gasteiger partial charge on any atom is -0.493 e. The first-order chi connectivity index (χ1) is 12.7. The summed E-state index contributed by atoms with van der Waals surface area (Å²) in [6.07, 6.45) is -0.967. The van der Waals surface area contributed by atoms with Crippen LogP contribution in [0.5, 0.6) is 5.88 Å². The predicted molar refractivity (Wildman–Crippen MR) is 95.5 cm³/mol. The lowest BCUT2D eigenvalue weighted by Gasteiger charge is -2.14. The molecule has 0 aliphatic carbocycles. The highest BCUT2D eigenvalue weighted by Crippen LogP contribution is 2.31. The largest absolute Gasteiger partial charge is 0.493 e. The summed E-state index contributed by atoms with van der Waals surface area (Å²) in [5.74, 6) is -0.582. The van der Waals surface area contributed by atoms with Gasteiger partial charge in [0.15, 0.2) is 11.4 Å². The first-order valence-electron chi connectivity index (χ1n) is 7.88. The van der Waals surface area contributed by atoms with Crippen molar-refractivity contribution in [2.24, 2.45) is 10.2 Å². The topological polar surface area (TPSA) is 154 Å². The maximum atomic E-state index is 12.6. The lowest BCUT2D eigenvalue weighted by molar-refractivity contribution is -0.384. The van der Waals surface area contributed by atoms with Crippen LogP contribution in [0.4, 0.5) is 17.1 Å². The lowest BCUT2D eigenvalue weighted by atomic mass is 10.1. The van der Waals surface area contributed by atoms with Crippen molar-refractivity contribution in [1.82, 2.24) is 4.57 Å². The Morgan fingerprint density at radius 3 is 2.59 bits per heavy atom. The first kappa shape index (κ1) is 19.7. The van der Waals surface area contributed by atoms with E-state index in [0.717, 1.165) is 4.57 Å². The van der Waals surface area contributed by atoms with Crippen LogP contribution in [0.25, 0.3) is 0 Å². The number of nitrogens with zero attached hydrogens (tertiary/aromatic N) is 5. The molecule has 0 saturated heterocycles. The molecule has 0 fully saturated rings. The van der Waals surface area contributed by atoms with Gasteiger partial charge in [-0.05, 0) is 32.4 Å². The van der Waals surface area contributed by atoms with Crippen LogP contribution in [-0.2, 0) is 6.54 Å². The predicted octanol–water partition coefficient (Wildman–Crippen LogP) is 2.75. The van der Waals surface area contributed by atoms with Gasteiger partial charge < -0.3 is 10.2 Å². The van der Waals surface area contributed by atoms with E-state index in [2.05, 4.69) is 10.2 Å². The quantitative estimate of drug-likeness (QED) is 0.468. The van der Waals surface area contributed by atoms with Crippen LogP contribution >= 0.6 is 0 Å². The number of nitriles is 1. The first-order valence-corrected chi connectivity index (χ1v) is 7.88. The zero-order valence-corrected chi connectivity index (χ0v) is 14.9. The average Bonchev–Trinajstić information content (AvgIpc) is 2.59. The second-order valence-electron chi connectivity index (χ2n) is 6.00. The van der Waals surface area contributed by atoms with Gasteiger partial charge in [-0.15, -0.1) is 10.2 Å². The maximum absolute atomic E-state index is 12.6. The Bertz CT molecular complexity index is 1030. The second kappa shape index (κ2) is 7.76. The van der Waals surface area contributed by atoms with Crippen LogP contribution in [0.15, 0.2) is 33.2 Å². The van der Waals surface area contributed by atoms with Crippen LogP contribution in [-0.4, -0.2) is 25.8 Å². The molecule has 2 N–H and O–H groups in total. The molecule has 10 nitrogen and oxygen atoms in total. The summed E-state index contributed by atoms with van der Waals surface area (Å²) in [6, 6.07) is 6.11. The van der Waals surface area contributed by atoms with E-state index in [9.17, 15) is 30.4 Å². The Labute approximate surface area is 153 Å². The average molecular weight is 371 g/mol. The fraction of sp³-hybridized carbons (Fsp3) is 0.294. The van der Waals surface area contributed by atoms with Gasteiger partial charge in [0.05, 0.1) is 17.6 Å². The van der Waals surface area contributed by atoms with Crippen LogP contribution < -0.4 is 5.56 Å². The minimum absolute atomic E-state index is 0.0574. The Hall–Kier alpha value is -3.58. The molecule has 0 radical (unpaired) electrons. The summed E-state index contributed by atoms with van der Waals surface area (Å²) in [7, 11) is 0. The molecule has 0 bridgehead atoms. The lowest BCUT2D eigenvalue weighted by Crippen LogP contribution is -2.26. The van der Waals surface area contributed by atoms with Gasteiger partial charge in [-0.3, -0.25) is 19.5 Å². The van der Waals surface area contributed by atoms with E-state index >= 15 is 0 Å². The van der Waals surface area contributed by atoms with E-state index in [0.29, 0.717) is 5.56 Å². The molecule has 140 valence electrons. The summed E-state index contributed by atoms with van der Waals surface area (Å²) in [5.41, 5.74) is -0.808. The zero-order valence-electron chi connectivity index (χ0n) is 14.9. The number of aromatic hydroxyl groups is 1. The van der Waals surface area contributed by atoms with Gasteiger partial charge in [0.1, 0.15) is 11.6 Å². The Morgan fingerprint density at radius 1 is 1.37 bits per heavy atom. The van der Waals surface area contributed by atoms with E-state index in [1.54, 1.807) is 19.1 Å². The maximum Gasteiger partial charge on any atom is 0.296 e. The number of nitro groups is 1. The number of nitro benzene ring substituents is 1. The smallest absolute Gasteiger partial charge is 0.296 e. The van der Waals surface area contributed by atoms with Crippen molar-refractivity contribution in [2.45, 2.75) is 33.4 Å². The number of pyridine rings is 1. The molecule has 1 aromatic heterocycles. The van der Waals surface area contributed by atoms with E-state index < -0.39 is 22.5 Å². The highest BCUT2D eigenvalue weighted by Gasteiger charge is 2.20. The second-order valence-corrected chi connectivity index (χ2v) is 6.00. The van der Waals surface area contributed by atoms with Gasteiger partial charge in [-0.2, -0.15) is 5.26 Å². The number of hydrogen-bond donors (Lipinski definition) is 2. The number of aromatic nitrogens is 1. The highest BCUT2D eigenvalue weighted by molar-refractivity contribution is 5.60. The van der Waals surface area contributed by atoms with Crippen LogP contribution in [0, 0.1) is 35.3 Å². The Balaban J connectivity index is 2.67. The summed E-state index contributed by atoms with van der Waals surface area (Å²) in [6.45, 7) is 4.25. The highest BCUT2D eigenvalue weighted by atomic mass is 16.6. The van der Waals surface area contributed by atoms with Crippen LogP contribution in [0.3, 0.4) is 0 Å². The Kier molecular flexibility index (Phi) is 5.67. The number of aliphatic hydroxyl groups is 1. The fourth-order valence-corrected chi connectivity index (χ4v) is 2.46. The van der Waals surface area contributed by atoms with Crippen molar-refractivity contribution in [3.05, 3.63) is 55.4 Å². The fourth-order valence-electron chi connectivity index (χ4n) is 2.46. The van der Waals surface area contributed by atoms with E-state index in [-0.39, 0.29) is 34.7 Å². The standard InChI is InChI=1S/C17H17N5O5/c1-9-4-5-13(14(6-9)22(26)27)19-20-15-11(3)12(7-18)16(24)21(17(15)25)8-10(2)23/h4-6,10,23-24H,8H2,1-3H3. The van der Waals surface area contributed by atoms with Gasteiger partial charge in [0.25, 0.3) is 11.2 Å². The number of hydrogen-bond acceptors (Lipinski definition) is 8. The third-order valence-corrected chi connectivity index (χ3v) is 3.80. The molecule has 0 aliphatic heterocycles.